The Morgan fingerprint density at radius 1 is 1.07 bits per heavy atom. The fourth-order valence-electron chi connectivity index (χ4n) is 3.26. The van der Waals surface area contributed by atoms with Gasteiger partial charge in [0.15, 0.2) is 0 Å². The monoisotopic (exact) mass is 408 g/mol. The van der Waals surface area contributed by atoms with Crippen LogP contribution in [0.3, 0.4) is 0 Å². The van der Waals surface area contributed by atoms with Crippen LogP contribution in [0.15, 0.2) is 65.2 Å². The number of aromatic hydroxyl groups is 1. The van der Waals surface area contributed by atoms with Gasteiger partial charge in [0.1, 0.15) is 0 Å². The van der Waals surface area contributed by atoms with Crippen molar-refractivity contribution in [2.75, 3.05) is 0 Å². The molecule has 2 aromatic carbocycles. The summed E-state index contributed by atoms with van der Waals surface area (Å²) in [6.45, 7) is 3.24. The van der Waals surface area contributed by atoms with Gasteiger partial charge < -0.3 is 20.1 Å². The van der Waals surface area contributed by atoms with E-state index in [1.54, 1.807) is 13.8 Å². The van der Waals surface area contributed by atoms with Crippen LogP contribution >= 0.6 is 0 Å². The van der Waals surface area contributed by atoms with E-state index >= 15 is 0 Å². The summed E-state index contributed by atoms with van der Waals surface area (Å²) in [5.41, 5.74) is 2.10. The first-order valence-electron chi connectivity index (χ1n) is 9.59. The van der Waals surface area contributed by atoms with Gasteiger partial charge in [0, 0.05) is 6.04 Å². The minimum Gasteiger partial charge on any atom is -0.491 e. The number of aromatic nitrogens is 1. The lowest BCUT2D eigenvalue weighted by atomic mass is 9.83. The van der Waals surface area contributed by atoms with Gasteiger partial charge in [-0.05, 0) is 48.5 Å². The minimum atomic E-state index is -1.04. The van der Waals surface area contributed by atoms with E-state index in [-0.39, 0.29) is 18.1 Å². The first kappa shape index (κ1) is 21.1. The molecule has 0 radical (unpaired) electrons. The minimum absolute atomic E-state index is 0.134. The molecule has 0 unspecified atom stereocenters. The Labute approximate surface area is 174 Å². The molecule has 0 bridgehead atoms. The summed E-state index contributed by atoms with van der Waals surface area (Å²) >= 11 is 0. The van der Waals surface area contributed by atoms with Crippen LogP contribution in [0.1, 0.15) is 36.4 Å². The lowest BCUT2D eigenvalue weighted by Crippen LogP contribution is -2.41. The van der Waals surface area contributed by atoms with Crippen molar-refractivity contribution in [3.63, 3.8) is 0 Å². The number of benzene rings is 2. The fraction of sp³-hybridized carbons (Fsp3) is 0.261. The molecule has 0 saturated heterocycles. The van der Waals surface area contributed by atoms with E-state index in [4.69, 9.17) is 4.52 Å². The van der Waals surface area contributed by atoms with Crippen molar-refractivity contribution in [1.82, 2.24) is 10.5 Å². The van der Waals surface area contributed by atoms with Gasteiger partial charge in [-0.1, -0.05) is 54.6 Å². The third-order valence-corrected chi connectivity index (χ3v) is 4.94. The van der Waals surface area contributed by atoms with Gasteiger partial charge >= 0.3 is 5.97 Å². The molecule has 0 aliphatic carbocycles. The summed E-state index contributed by atoms with van der Waals surface area (Å²) in [5.74, 6) is -2.03. The molecule has 0 aliphatic rings. The van der Waals surface area contributed by atoms with Crippen LogP contribution in [0.4, 0.5) is 0 Å². The first-order valence-corrected chi connectivity index (χ1v) is 9.59. The molecule has 7 heteroatoms. The molecule has 1 heterocycles. The zero-order valence-electron chi connectivity index (χ0n) is 16.8. The van der Waals surface area contributed by atoms with Crippen LogP contribution in [0.5, 0.6) is 5.88 Å². The first-order chi connectivity index (χ1) is 14.2. The molecule has 1 amide bonds. The number of hydrogen-bond donors (Lipinski definition) is 3. The normalized spacial score (nSPS) is 12.3. The number of nitrogens with one attached hydrogen (secondary N) is 1. The standard InChI is InChI=1S/C23H24N2O5/c1-23(2,22(28)29)14-18(24-21(27)19-13-20(26)25-30-19)12-15-8-10-17(11-9-15)16-6-4-3-5-7-16/h3-11,13,18H,12,14H2,1-2H3,(H,24,27)(H,25,26)(H,28,29)/t18-/m1/s1. The Kier molecular flexibility index (Phi) is 6.20. The Bertz CT molecular complexity index is 1010. The molecule has 0 aliphatic heterocycles. The number of rotatable bonds is 8. The lowest BCUT2D eigenvalue weighted by Gasteiger charge is -2.26. The highest BCUT2D eigenvalue weighted by molar-refractivity contribution is 5.91. The van der Waals surface area contributed by atoms with E-state index in [0.717, 1.165) is 22.8 Å². The molecule has 1 atom stereocenters. The highest BCUT2D eigenvalue weighted by atomic mass is 16.5. The molecule has 1 aromatic heterocycles. The predicted octanol–water partition coefficient (Wildman–Crippen LogP) is 3.89. The fourth-order valence-corrected chi connectivity index (χ4v) is 3.26. The third kappa shape index (κ3) is 5.26. The molecule has 7 nitrogen and oxygen atoms in total. The smallest absolute Gasteiger partial charge is 0.309 e. The van der Waals surface area contributed by atoms with Crippen LogP contribution in [-0.2, 0) is 11.2 Å². The van der Waals surface area contributed by atoms with E-state index in [9.17, 15) is 19.8 Å². The van der Waals surface area contributed by atoms with Crippen molar-refractivity contribution in [3.05, 3.63) is 72.0 Å². The van der Waals surface area contributed by atoms with E-state index in [1.165, 1.54) is 0 Å². The second-order valence-electron chi connectivity index (χ2n) is 7.88. The molecule has 0 spiro atoms. The number of carbonyl (C=O) groups is 2. The van der Waals surface area contributed by atoms with Gasteiger partial charge in [-0.25, -0.2) is 0 Å². The quantitative estimate of drug-likeness (QED) is 0.521. The maximum atomic E-state index is 12.5. The van der Waals surface area contributed by atoms with E-state index in [2.05, 4.69) is 10.5 Å². The molecule has 0 fully saturated rings. The van der Waals surface area contributed by atoms with Gasteiger partial charge in [-0.15, -0.1) is 0 Å². The van der Waals surface area contributed by atoms with Crippen LogP contribution in [0.2, 0.25) is 0 Å². The zero-order chi connectivity index (χ0) is 21.7. The largest absolute Gasteiger partial charge is 0.491 e. The molecule has 3 rings (SSSR count). The van der Waals surface area contributed by atoms with Crippen molar-refractivity contribution in [1.29, 1.82) is 0 Å². The van der Waals surface area contributed by atoms with Crippen molar-refractivity contribution in [2.45, 2.75) is 32.7 Å². The molecule has 3 aromatic rings. The van der Waals surface area contributed by atoms with Gasteiger partial charge in [0.2, 0.25) is 5.76 Å². The van der Waals surface area contributed by atoms with E-state index in [0.29, 0.717) is 6.42 Å². The lowest BCUT2D eigenvalue weighted by molar-refractivity contribution is -0.147. The molecule has 0 saturated carbocycles. The Morgan fingerprint density at radius 3 is 2.27 bits per heavy atom. The van der Waals surface area contributed by atoms with Crippen molar-refractivity contribution in [3.8, 4) is 17.0 Å². The number of aliphatic carboxylic acids is 1. The van der Waals surface area contributed by atoms with Crippen molar-refractivity contribution >= 4 is 11.9 Å². The number of carbonyl (C=O) groups excluding carboxylic acids is 1. The highest BCUT2D eigenvalue weighted by Gasteiger charge is 2.32. The second kappa shape index (κ2) is 8.82. The summed E-state index contributed by atoms with van der Waals surface area (Å²) in [4.78, 5) is 24.0. The molecule has 30 heavy (non-hydrogen) atoms. The Balaban J connectivity index is 1.77. The molecule has 156 valence electrons. The van der Waals surface area contributed by atoms with Crippen molar-refractivity contribution < 1.29 is 24.3 Å². The van der Waals surface area contributed by atoms with Crippen LogP contribution in [0.25, 0.3) is 11.1 Å². The van der Waals surface area contributed by atoms with E-state index < -0.39 is 23.3 Å². The molecular formula is C23H24N2O5. The number of hydrogen-bond acceptors (Lipinski definition) is 5. The van der Waals surface area contributed by atoms with Crippen molar-refractivity contribution in [2.24, 2.45) is 5.41 Å². The van der Waals surface area contributed by atoms with E-state index in [1.807, 2.05) is 54.6 Å². The molecule has 3 N–H and O–H groups in total. The van der Waals surface area contributed by atoms with Gasteiger partial charge in [0.05, 0.1) is 11.5 Å². The van der Waals surface area contributed by atoms with Crippen LogP contribution in [-0.4, -0.2) is 33.3 Å². The Morgan fingerprint density at radius 2 is 1.70 bits per heavy atom. The van der Waals surface area contributed by atoms with Gasteiger partial charge in [-0.2, -0.15) is 0 Å². The average Bonchev–Trinajstić information content (AvgIpc) is 3.15. The maximum absolute atomic E-state index is 12.5. The number of amides is 1. The number of carboxylic acid groups (broad SMARTS) is 1. The average molecular weight is 408 g/mol. The van der Waals surface area contributed by atoms with Crippen LogP contribution < -0.4 is 5.32 Å². The Hall–Kier alpha value is -3.61. The maximum Gasteiger partial charge on any atom is 0.309 e. The predicted molar refractivity (Wildman–Crippen MR) is 111 cm³/mol. The molecular weight excluding hydrogens is 384 g/mol. The number of nitrogens with zero attached hydrogens (tertiary/aromatic N) is 1. The number of carboxylic acids is 1. The highest BCUT2D eigenvalue weighted by Crippen LogP contribution is 2.26. The van der Waals surface area contributed by atoms with Gasteiger partial charge in [-0.3, -0.25) is 9.59 Å². The third-order valence-electron chi connectivity index (χ3n) is 4.94. The summed E-state index contributed by atoms with van der Waals surface area (Å²) in [6, 6.07) is 18.6. The van der Waals surface area contributed by atoms with Crippen LogP contribution in [0, 0.1) is 5.41 Å². The topological polar surface area (TPSA) is 113 Å². The summed E-state index contributed by atoms with van der Waals surface area (Å²) in [6.07, 6.45) is 0.659. The summed E-state index contributed by atoms with van der Waals surface area (Å²) < 4.78 is 4.79. The SMILES string of the molecule is CC(C)(C[C@@H](Cc1ccc(-c2ccccc2)cc1)NC(=O)c1cc(O)no1)C(=O)O. The second-order valence-corrected chi connectivity index (χ2v) is 7.88. The zero-order valence-corrected chi connectivity index (χ0v) is 16.8. The summed E-state index contributed by atoms with van der Waals surface area (Å²) in [7, 11) is 0. The van der Waals surface area contributed by atoms with Gasteiger partial charge in [0.25, 0.3) is 11.8 Å². The summed E-state index contributed by atoms with van der Waals surface area (Å²) in [5, 5.41) is 24.9.